The maximum Gasteiger partial charge on any atom is 0.0814 e. The zero-order chi connectivity index (χ0) is 5.70. The second-order valence-electron chi connectivity index (χ2n) is 1.62. The van der Waals surface area contributed by atoms with Crippen LogP contribution in [0.1, 0.15) is 20.8 Å². The first kappa shape index (κ1) is 153. The molecule has 0 unspecified atom stereocenters. The maximum atomic E-state index is 2.38. The third kappa shape index (κ3) is 116. The molecule has 0 aromatic rings. The van der Waals surface area contributed by atoms with E-state index in [9.17, 15) is 0 Å². The summed E-state index contributed by atoms with van der Waals surface area (Å²) in [6, 6.07) is 0. The van der Waals surface area contributed by atoms with Crippen LogP contribution in [0.2, 0.25) is 0 Å². The Labute approximate surface area is 146 Å². The highest BCUT2D eigenvalue weighted by atomic mass is 15.1. The van der Waals surface area contributed by atoms with Crippen LogP contribution in [0.3, 0.4) is 0 Å². The van der Waals surface area contributed by atoms with Crippen LogP contribution >= 0.6 is 0 Å². The SMILES string of the molecule is B.B.B.B.B.B.B.B.B.B.B.B.CCN(CC)CC. The molecule has 0 atom stereocenters. The lowest BCUT2D eigenvalue weighted by molar-refractivity contribution is 0.321. The minimum Gasteiger partial charge on any atom is -0.304 e. The third-order valence-corrected chi connectivity index (χ3v) is 1.34. The topological polar surface area (TPSA) is 3.24 Å². The molecule has 13 heteroatoms. The minimum absolute atomic E-state index is 0. The molecule has 0 aliphatic carbocycles. The minimum atomic E-state index is 0. The fourth-order valence-corrected chi connectivity index (χ4v) is 0.671. The van der Waals surface area contributed by atoms with Gasteiger partial charge in [0.25, 0.3) is 0 Å². The molecule has 0 N–H and O–H groups in total. The molecule has 0 saturated heterocycles. The van der Waals surface area contributed by atoms with Crippen LogP contribution < -0.4 is 0 Å². The molecule has 19 heavy (non-hydrogen) atoms. The normalized spacial score (nSPS) is 3.79. The molecule has 0 aromatic heterocycles. The van der Waals surface area contributed by atoms with E-state index in [0.29, 0.717) is 0 Å². The molecular weight excluding hydrogens is 216 g/mol. The summed E-state index contributed by atoms with van der Waals surface area (Å²) in [5, 5.41) is 0. The molecule has 0 radical (unpaired) electrons. The monoisotopic (exact) mass is 270 g/mol. The highest BCUT2D eigenvalue weighted by Gasteiger charge is 1.89. The number of nitrogens with zero attached hydrogens (tertiary/aromatic N) is 1. The summed E-state index contributed by atoms with van der Waals surface area (Å²) in [6.45, 7) is 10.1. The summed E-state index contributed by atoms with van der Waals surface area (Å²) < 4.78 is 0. The van der Waals surface area contributed by atoms with Gasteiger partial charge in [-0.15, -0.1) is 0 Å². The lowest BCUT2D eigenvalue weighted by atomic mass is 10.5. The molecule has 0 fully saturated rings. The molecule has 0 aliphatic heterocycles. The van der Waals surface area contributed by atoms with Gasteiger partial charge in [0.1, 0.15) is 0 Å². The van der Waals surface area contributed by atoms with Crippen LogP contribution in [0, 0.1) is 0 Å². The molecule has 116 valence electrons. The van der Waals surface area contributed by atoms with Crippen LogP contribution in [-0.2, 0) is 0 Å². The molecule has 0 bridgehead atoms. The lowest BCUT2D eigenvalue weighted by Gasteiger charge is -2.13. The van der Waals surface area contributed by atoms with Crippen molar-refractivity contribution in [3.63, 3.8) is 0 Å². The van der Waals surface area contributed by atoms with E-state index < -0.39 is 0 Å². The van der Waals surface area contributed by atoms with Gasteiger partial charge >= 0.3 is 0 Å². The quantitative estimate of drug-likeness (QED) is 0.459. The van der Waals surface area contributed by atoms with E-state index in [1.54, 1.807) is 0 Å². The van der Waals surface area contributed by atoms with Crippen LogP contribution in [0.15, 0.2) is 0 Å². The van der Waals surface area contributed by atoms with Crippen molar-refractivity contribution in [3.05, 3.63) is 0 Å². The van der Waals surface area contributed by atoms with Crippen LogP contribution in [0.5, 0.6) is 0 Å². The Morgan fingerprint density at radius 3 is 0.474 bits per heavy atom. The average Bonchev–Trinajstić information content (AvgIpc) is 1.72. The number of hydrogen-bond acceptors (Lipinski definition) is 1. The van der Waals surface area contributed by atoms with Crippen LogP contribution in [0.4, 0.5) is 0 Å². The van der Waals surface area contributed by atoms with E-state index >= 15 is 0 Å². The van der Waals surface area contributed by atoms with E-state index in [-0.39, 0.29) is 101 Å². The Bertz CT molecular complexity index is 43.7. The van der Waals surface area contributed by atoms with Gasteiger partial charge in [-0.2, -0.15) is 0 Å². The first-order chi connectivity index (χ1) is 3.35. The smallest absolute Gasteiger partial charge is 0.0814 e. The van der Waals surface area contributed by atoms with Gasteiger partial charge in [0, 0.05) is 0 Å². The Kier molecular flexibility index (Phi) is 1040. The number of rotatable bonds is 3. The van der Waals surface area contributed by atoms with E-state index in [0.717, 1.165) is 0 Å². The largest absolute Gasteiger partial charge is 0.304 e. The summed E-state index contributed by atoms with van der Waals surface area (Å²) in [5.41, 5.74) is 0. The molecule has 0 heterocycles. The summed E-state index contributed by atoms with van der Waals surface area (Å²) >= 11 is 0. The van der Waals surface area contributed by atoms with Gasteiger partial charge in [-0.25, -0.2) is 0 Å². The highest BCUT2D eigenvalue weighted by Crippen LogP contribution is 1.81. The van der Waals surface area contributed by atoms with Crippen molar-refractivity contribution in [1.82, 2.24) is 4.90 Å². The van der Waals surface area contributed by atoms with Crippen LogP contribution in [-0.4, -0.2) is 125 Å². The fraction of sp³-hybridized carbons (Fsp3) is 1.00. The van der Waals surface area contributed by atoms with Gasteiger partial charge in [-0.1, -0.05) is 20.8 Å². The molecule has 0 rings (SSSR count). The van der Waals surface area contributed by atoms with Gasteiger partial charge in [-0.3, -0.25) is 0 Å². The molecule has 0 aliphatic rings. The van der Waals surface area contributed by atoms with Crippen molar-refractivity contribution in [2.75, 3.05) is 19.6 Å². The summed E-state index contributed by atoms with van der Waals surface area (Å²) in [4.78, 5) is 2.38. The Morgan fingerprint density at radius 1 is 0.368 bits per heavy atom. The van der Waals surface area contributed by atoms with Crippen molar-refractivity contribution in [2.24, 2.45) is 0 Å². The lowest BCUT2D eigenvalue weighted by Crippen LogP contribution is -2.21. The van der Waals surface area contributed by atoms with Gasteiger partial charge in [0.15, 0.2) is 0 Å². The molecule has 0 saturated carbocycles. The summed E-state index contributed by atoms with van der Waals surface area (Å²) in [6.07, 6.45) is 0. The van der Waals surface area contributed by atoms with E-state index in [1.807, 2.05) is 0 Å². The van der Waals surface area contributed by atoms with E-state index in [2.05, 4.69) is 25.7 Å². The predicted molar refractivity (Wildman–Crippen MR) is 153 cm³/mol. The zero-order valence-electron chi connectivity index (χ0n) is 5.57. The fourth-order valence-electron chi connectivity index (χ4n) is 0.671. The predicted octanol–water partition coefficient (Wildman–Crippen LogP) is -12.9. The van der Waals surface area contributed by atoms with Gasteiger partial charge in [0.05, 0.1) is 101 Å². The van der Waals surface area contributed by atoms with Crippen molar-refractivity contribution >= 4 is 101 Å². The molecule has 0 aromatic carbocycles. The summed E-state index contributed by atoms with van der Waals surface area (Å²) in [7, 11) is 0. The van der Waals surface area contributed by atoms with Gasteiger partial charge in [-0.05, 0) is 19.6 Å². The Morgan fingerprint density at radius 2 is 0.474 bits per heavy atom. The molecule has 1 nitrogen and oxygen atoms in total. The second-order valence-corrected chi connectivity index (χ2v) is 1.62. The first-order valence-electron chi connectivity index (χ1n) is 3.07. The number of hydrogen-bond donors (Lipinski definition) is 0. The molecule has 0 amide bonds. The highest BCUT2D eigenvalue weighted by molar-refractivity contribution is 5.77. The van der Waals surface area contributed by atoms with E-state index in [1.165, 1.54) is 19.6 Å². The Balaban J connectivity index is -0.00000000273. The van der Waals surface area contributed by atoms with Crippen LogP contribution in [0.25, 0.3) is 0 Å². The van der Waals surface area contributed by atoms with Crippen molar-refractivity contribution < 1.29 is 0 Å². The zero-order valence-corrected chi connectivity index (χ0v) is 5.57. The van der Waals surface area contributed by atoms with Gasteiger partial charge in [0.2, 0.25) is 0 Å². The molecule has 0 spiro atoms. The molecular formula is C6H51B12N. The Hall–Kier alpha value is 0.739. The van der Waals surface area contributed by atoms with Crippen molar-refractivity contribution in [2.45, 2.75) is 20.8 Å². The second kappa shape index (κ2) is 130. The maximum absolute atomic E-state index is 2.38. The standard InChI is InChI=1S/C6H15N.12BH3/c1-4-7(5-2)6-3;;;;;;;;;;;;/h4-6H2,1-3H3;12*1H3. The third-order valence-electron chi connectivity index (χ3n) is 1.34. The first-order valence-corrected chi connectivity index (χ1v) is 3.07. The van der Waals surface area contributed by atoms with E-state index in [4.69, 9.17) is 0 Å². The average molecular weight is 267 g/mol. The summed E-state index contributed by atoms with van der Waals surface area (Å²) in [5.74, 6) is 0. The van der Waals surface area contributed by atoms with Gasteiger partial charge < -0.3 is 4.90 Å². The van der Waals surface area contributed by atoms with Crippen molar-refractivity contribution in [3.8, 4) is 0 Å². The van der Waals surface area contributed by atoms with Crippen molar-refractivity contribution in [1.29, 1.82) is 0 Å².